The third-order valence-electron chi connectivity index (χ3n) is 3.01. The van der Waals surface area contributed by atoms with Gasteiger partial charge in [0, 0.05) is 22.5 Å². The molecule has 0 radical (unpaired) electrons. The van der Waals surface area contributed by atoms with Gasteiger partial charge in [0.2, 0.25) is 0 Å². The summed E-state index contributed by atoms with van der Waals surface area (Å²) >= 11 is 6.03. The van der Waals surface area contributed by atoms with Gasteiger partial charge in [-0.3, -0.25) is 0 Å². The van der Waals surface area contributed by atoms with E-state index in [2.05, 4.69) is 16.9 Å². The van der Waals surface area contributed by atoms with Crippen molar-refractivity contribution in [1.29, 1.82) is 0 Å². The predicted octanol–water partition coefficient (Wildman–Crippen LogP) is 3.43. The summed E-state index contributed by atoms with van der Waals surface area (Å²) in [4.78, 5) is 4.13. The summed E-state index contributed by atoms with van der Waals surface area (Å²) in [6, 6.07) is 4.83. The number of guanidine groups is 1. The predicted molar refractivity (Wildman–Crippen MR) is 92.4 cm³/mol. The monoisotopic (exact) mass is 409 g/mol. The lowest BCUT2D eigenvalue weighted by atomic mass is 10.1. The minimum atomic E-state index is -0.265. The molecule has 1 fully saturated rings. The minimum Gasteiger partial charge on any atom is -0.370 e. The maximum Gasteiger partial charge on any atom is 0.189 e. The van der Waals surface area contributed by atoms with Crippen LogP contribution in [0.3, 0.4) is 0 Å². The Morgan fingerprint density at radius 2 is 2.30 bits per heavy atom. The van der Waals surface area contributed by atoms with E-state index in [0.29, 0.717) is 23.1 Å². The molecule has 20 heavy (non-hydrogen) atoms. The molecule has 0 aromatic heterocycles. The molecule has 1 saturated carbocycles. The van der Waals surface area contributed by atoms with Gasteiger partial charge < -0.3 is 11.1 Å². The van der Waals surface area contributed by atoms with Gasteiger partial charge in [-0.05, 0) is 25.5 Å². The van der Waals surface area contributed by atoms with Crippen molar-refractivity contribution in [3.8, 4) is 0 Å². The molecule has 1 aliphatic carbocycles. The Balaban J connectivity index is 0.00000200. The van der Waals surface area contributed by atoms with Gasteiger partial charge in [-0.1, -0.05) is 29.8 Å². The van der Waals surface area contributed by atoms with Gasteiger partial charge in [-0.2, -0.15) is 0 Å². The lowest BCUT2D eigenvalue weighted by Gasteiger charge is -2.07. The molecular formula is C14H18ClFIN3. The van der Waals surface area contributed by atoms with Gasteiger partial charge in [0.25, 0.3) is 0 Å². The van der Waals surface area contributed by atoms with Crippen molar-refractivity contribution >= 4 is 41.5 Å². The van der Waals surface area contributed by atoms with Crippen LogP contribution in [0, 0.1) is 5.82 Å². The maximum atomic E-state index is 13.7. The van der Waals surface area contributed by atoms with Crippen molar-refractivity contribution in [3.05, 3.63) is 46.8 Å². The number of hydrogen-bond acceptors (Lipinski definition) is 1. The smallest absolute Gasteiger partial charge is 0.189 e. The van der Waals surface area contributed by atoms with Gasteiger partial charge in [0.05, 0.1) is 6.54 Å². The number of nitrogens with zero attached hydrogens (tertiary/aromatic N) is 1. The van der Waals surface area contributed by atoms with Gasteiger partial charge in [-0.15, -0.1) is 24.0 Å². The highest BCUT2D eigenvalue weighted by Crippen LogP contribution is 2.44. The van der Waals surface area contributed by atoms with Crippen molar-refractivity contribution in [2.75, 3.05) is 6.54 Å². The highest BCUT2D eigenvalue weighted by molar-refractivity contribution is 14.0. The third kappa shape index (κ3) is 4.34. The number of nitrogens with two attached hydrogens (primary N) is 1. The number of halogens is 3. The molecule has 2 rings (SSSR count). The summed E-state index contributed by atoms with van der Waals surface area (Å²) in [6.07, 6.45) is 0.809. The number of aliphatic imine (C=N–C) groups is 1. The van der Waals surface area contributed by atoms with Gasteiger partial charge >= 0.3 is 0 Å². The van der Waals surface area contributed by atoms with Crippen molar-refractivity contribution in [1.82, 2.24) is 5.32 Å². The van der Waals surface area contributed by atoms with E-state index in [1.165, 1.54) is 6.07 Å². The molecule has 2 atom stereocenters. The van der Waals surface area contributed by atoms with Gasteiger partial charge in [0.1, 0.15) is 5.82 Å². The van der Waals surface area contributed by atoms with Crippen LogP contribution >= 0.6 is 35.6 Å². The molecule has 1 aromatic rings. The summed E-state index contributed by atoms with van der Waals surface area (Å²) in [7, 11) is 0. The molecule has 6 heteroatoms. The van der Waals surface area contributed by atoms with Gasteiger partial charge in [0.15, 0.2) is 5.96 Å². The highest BCUT2D eigenvalue weighted by atomic mass is 127. The van der Waals surface area contributed by atoms with E-state index in [1.807, 2.05) is 6.92 Å². The molecule has 0 amide bonds. The average Bonchev–Trinajstić information content (AvgIpc) is 3.05. The van der Waals surface area contributed by atoms with E-state index < -0.39 is 0 Å². The van der Waals surface area contributed by atoms with Crippen LogP contribution in [0.25, 0.3) is 0 Å². The van der Waals surface area contributed by atoms with Crippen molar-refractivity contribution < 1.29 is 4.39 Å². The fourth-order valence-electron chi connectivity index (χ4n) is 1.99. The van der Waals surface area contributed by atoms with Crippen LogP contribution in [0.5, 0.6) is 0 Å². The molecule has 3 nitrogen and oxygen atoms in total. The van der Waals surface area contributed by atoms with Crippen LogP contribution in [0.2, 0.25) is 5.02 Å². The minimum absolute atomic E-state index is 0. The lowest BCUT2D eigenvalue weighted by molar-refractivity contribution is 0.608. The number of hydrogen-bond donors (Lipinski definition) is 2. The van der Waals surface area contributed by atoms with Crippen molar-refractivity contribution in [2.45, 2.75) is 25.3 Å². The molecule has 0 unspecified atom stereocenters. The Labute approximate surface area is 140 Å². The molecule has 1 aromatic carbocycles. The molecule has 3 N–H and O–H groups in total. The zero-order valence-electron chi connectivity index (χ0n) is 11.2. The standard InChI is InChI=1S/C14H17ClFN3.HI/c1-8(2)7-18-14(17)19-12-6-9(12)13-10(15)4-3-5-11(13)16;/h3-5,9,12H,1,6-7H2,2H3,(H3,17,18,19);1H/t9-,12-;/m1./s1. The zero-order chi connectivity index (χ0) is 14.0. The second kappa shape index (κ2) is 7.26. The first-order valence-electron chi connectivity index (χ1n) is 6.13. The van der Waals surface area contributed by atoms with E-state index >= 15 is 0 Å². The van der Waals surface area contributed by atoms with E-state index in [9.17, 15) is 4.39 Å². The van der Waals surface area contributed by atoms with Crippen molar-refractivity contribution in [3.63, 3.8) is 0 Å². The van der Waals surface area contributed by atoms with Crippen LogP contribution in [0.1, 0.15) is 24.8 Å². The number of rotatable bonds is 4. The zero-order valence-corrected chi connectivity index (χ0v) is 14.3. The van der Waals surface area contributed by atoms with Crippen molar-refractivity contribution in [2.24, 2.45) is 10.7 Å². The fourth-order valence-corrected chi connectivity index (χ4v) is 2.30. The summed E-state index contributed by atoms with van der Waals surface area (Å²) in [5, 5.41) is 3.54. The largest absolute Gasteiger partial charge is 0.370 e. The molecule has 0 saturated heterocycles. The first kappa shape index (κ1) is 17.2. The normalized spacial score (nSPS) is 21.1. The molecule has 1 aliphatic rings. The maximum absolute atomic E-state index is 13.7. The Hall–Kier alpha value is -0.820. The van der Waals surface area contributed by atoms with Crippen LogP contribution in [-0.2, 0) is 0 Å². The average molecular weight is 410 g/mol. The summed E-state index contributed by atoms with van der Waals surface area (Å²) < 4.78 is 13.7. The highest BCUT2D eigenvalue weighted by Gasteiger charge is 2.41. The van der Waals surface area contributed by atoms with Crippen LogP contribution in [0.4, 0.5) is 4.39 Å². The molecular weight excluding hydrogens is 392 g/mol. The Bertz CT molecular complexity index is 513. The van der Waals surface area contributed by atoms with E-state index in [1.54, 1.807) is 12.1 Å². The number of nitrogens with one attached hydrogen (secondary N) is 1. The Morgan fingerprint density at radius 3 is 2.90 bits per heavy atom. The van der Waals surface area contributed by atoms with E-state index in [-0.39, 0.29) is 41.8 Å². The molecule has 0 bridgehead atoms. The van der Waals surface area contributed by atoms with E-state index in [4.69, 9.17) is 17.3 Å². The first-order valence-corrected chi connectivity index (χ1v) is 6.51. The summed E-state index contributed by atoms with van der Waals surface area (Å²) in [5.41, 5.74) is 7.25. The first-order chi connectivity index (χ1) is 8.99. The van der Waals surface area contributed by atoms with Crippen LogP contribution in [-0.4, -0.2) is 18.5 Å². The summed E-state index contributed by atoms with van der Waals surface area (Å²) in [6.45, 7) is 6.13. The molecule has 0 spiro atoms. The molecule has 0 aliphatic heterocycles. The van der Waals surface area contributed by atoms with Crippen LogP contribution < -0.4 is 11.1 Å². The molecule has 0 heterocycles. The number of benzene rings is 1. The quantitative estimate of drug-likeness (QED) is 0.346. The second-order valence-electron chi connectivity index (χ2n) is 4.89. The third-order valence-corrected chi connectivity index (χ3v) is 3.34. The SMILES string of the molecule is C=C(C)CN=C(N)N[C@@H]1C[C@H]1c1c(F)cccc1Cl.I. The second-order valence-corrected chi connectivity index (χ2v) is 5.29. The lowest BCUT2D eigenvalue weighted by Crippen LogP contribution is -2.34. The topological polar surface area (TPSA) is 50.4 Å². The fraction of sp³-hybridized carbons (Fsp3) is 0.357. The van der Waals surface area contributed by atoms with E-state index in [0.717, 1.165) is 12.0 Å². The Kier molecular flexibility index (Phi) is 6.26. The Morgan fingerprint density at radius 1 is 1.60 bits per heavy atom. The molecule has 110 valence electrons. The van der Waals surface area contributed by atoms with Gasteiger partial charge in [-0.25, -0.2) is 9.38 Å². The van der Waals surface area contributed by atoms with Crippen LogP contribution in [0.15, 0.2) is 35.3 Å². The summed E-state index contributed by atoms with van der Waals surface area (Å²) in [5.74, 6) is 0.162.